The number of hydrogen-bond acceptors (Lipinski definition) is 3. The van der Waals surface area contributed by atoms with Gasteiger partial charge < -0.3 is 14.6 Å². The first-order valence-electron chi connectivity index (χ1n) is 12.6. The van der Waals surface area contributed by atoms with E-state index in [1.807, 2.05) is 13.8 Å². The summed E-state index contributed by atoms with van der Waals surface area (Å²) in [5, 5.41) is 6.32. The number of dihydropyridines is 1. The van der Waals surface area contributed by atoms with Gasteiger partial charge in [-0.3, -0.25) is 4.57 Å². The Hall–Kier alpha value is -3.92. The number of nitrogens with zero attached hydrogens (tertiary/aromatic N) is 2. The number of aromatic nitrogens is 1. The van der Waals surface area contributed by atoms with Crippen molar-refractivity contribution in [3.8, 4) is 0 Å². The number of benzene rings is 2. The Balaban J connectivity index is 0.00000112. The SMILES string of the molecule is CC.CN1C=Cc2c(n(C3=CC=CC(c4cccc5c6c(oc45)CCC=C6)N3)c3ccccc23)C1. The highest BCUT2D eigenvalue weighted by molar-refractivity contribution is 5.95. The number of fused-ring (bicyclic) bond motifs is 6. The minimum absolute atomic E-state index is 0.0407. The van der Waals surface area contributed by atoms with Crippen LogP contribution in [0.5, 0.6) is 0 Å². The number of nitrogens with one attached hydrogen (secondary N) is 1. The zero-order valence-electron chi connectivity index (χ0n) is 20.6. The molecule has 2 aromatic heterocycles. The number of rotatable bonds is 2. The number of para-hydroxylation sites is 2. The van der Waals surface area contributed by atoms with Crippen LogP contribution in [0.3, 0.4) is 0 Å². The van der Waals surface area contributed by atoms with E-state index in [9.17, 15) is 0 Å². The van der Waals surface area contributed by atoms with E-state index < -0.39 is 0 Å². The summed E-state index contributed by atoms with van der Waals surface area (Å²) in [7, 11) is 2.13. The third kappa shape index (κ3) is 3.44. The number of hydrogen-bond donors (Lipinski definition) is 1. The lowest BCUT2D eigenvalue weighted by Gasteiger charge is -2.27. The van der Waals surface area contributed by atoms with Crippen molar-refractivity contribution >= 4 is 39.8 Å². The largest absolute Gasteiger partial charge is 0.460 e. The van der Waals surface area contributed by atoms with Crippen LogP contribution < -0.4 is 5.32 Å². The van der Waals surface area contributed by atoms with Gasteiger partial charge in [-0.25, -0.2) is 0 Å². The van der Waals surface area contributed by atoms with Gasteiger partial charge in [-0.15, -0.1) is 0 Å². The van der Waals surface area contributed by atoms with E-state index in [2.05, 4.69) is 107 Å². The number of allylic oxidation sites excluding steroid dienone is 3. The predicted molar refractivity (Wildman–Crippen MR) is 147 cm³/mol. The van der Waals surface area contributed by atoms with Crippen molar-refractivity contribution in [2.24, 2.45) is 0 Å². The van der Waals surface area contributed by atoms with E-state index in [4.69, 9.17) is 4.42 Å². The smallest absolute Gasteiger partial charge is 0.140 e. The first-order chi connectivity index (χ1) is 17.3. The minimum Gasteiger partial charge on any atom is -0.460 e. The third-order valence-corrected chi connectivity index (χ3v) is 7.03. The molecule has 0 saturated heterocycles. The first-order valence-corrected chi connectivity index (χ1v) is 12.6. The average molecular weight is 462 g/mol. The van der Waals surface area contributed by atoms with Crippen LogP contribution in [0.15, 0.2) is 77.4 Å². The van der Waals surface area contributed by atoms with Crippen LogP contribution >= 0.6 is 0 Å². The average Bonchev–Trinajstić information content (AvgIpc) is 3.45. The van der Waals surface area contributed by atoms with Gasteiger partial charge in [0.1, 0.15) is 17.2 Å². The van der Waals surface area contributed by atoms with Crippen molar-refractivity contribution in [3.63, 3.8) is 0 Å². The quantitative estimate of drug-likeness (QED) is 0.336. The molecule has 0 saturated carbocycles. The van der Waals surface area contributed by atoms with Gasteiger partial charge >= 0.3 is 0 Å². The second-order valence-corrected chi connectivity index (χ2v) is 9.11. The van der Waals surface area contributed by atoms with Crippen LogP contribution in [0.1, 0.15) is 54.5 Å². The molecule has 1 aliphatic carbocycles. The first kappa shape index (κ1) is 21.6. The zero-order chi connectivity index (χ0) is 23.9. The fourth-order valence-electron chi connectivity index (χ4n) is 5.50. The Morgan fingerprint density at radius 1 is 0.971 bits per heavy atom. The lowest BCUT2D eigenvalue weighted by atomic mass is 9.98. The molecule has 0 fully saturated rings. The Kier molecular flexibility index (Phi) is 5.37. The molecule has 1 unspecified atom stereocenters. The fraction of sp³-hybridized carbons (Fsp3) is 0.226. The molecule has 0 amide bonds. The van der Waals surface area contributed by atoms with Gasteiger partial charge in [0.15, 0.2) is 0 Å². The summed E-state index contributed by atoms with van der Waals surface area (Å²) in [6.07, 6.45) is 17.4. The van der Waals surface area contributed by atoms with Crippen LogP contribution in [0.2, 0.25) is 0 Å². The lowest BCUT2D eigenvalue weighted by Crippen LogP contribution is -2.26. The summed E-state index contributed by atoms with van der Waals surface area (Å²) in [4.78, 5) is 2.23. The molecule has 2 aliphatic heterocycles. The Bertz CT molecular complexity index is 1540. The summed E-state index contributed by atoms with van der Waals surface area (Å²) in [5.41, 5.74) is 7.27. The maximum atomic E-state index is 6.41. The van der Waals surface area contributed by atoms with Gasteiger partial charge in [0.25, 0.3) is 0 Å². The molecule has 4 nitrogen and oxygen atoms in total. The van der Waals surface area contributed by atoms with Gasteiger partial charge in [0, 0.05) is 40.9 Å². The molecule has 0 radical (unpaired) electrons. The Morgan fingerprint density at radius 3 is 2.74 bits per heavy atom. The fourth-order valence-corrected chi connectivity index (χ4v) is 5.50. The van der Waals surface area contributed by atoms with Crippen molar-refractivity contribution < 1.29 is 4.42 Å². The van der Waals surface area contributed by atoms with Gasteiger partial charge in [0.05, 0.1) is 23.8 Å². The van der Waals surface area contributed by atoms with Crippen LogP contribution in [-0.4, -0.2) is 16.5 Å². The normalized spacial score (nSPS) is 18.1. The third-order valence-electron chi connectivity index (χ3n) is 7.03. The molecule has 176 valence electrons. The molecular weight excluding hydrogens is 430 g/mol. The molecule has 2 aromatic carbocycles. The Morgan fingerprint density at radius 2 is 1.83 bits per heavy atom. The second kappa shape index (κ2) is 8.70. The van der Waals surface area contributed by atoms with E-state index in [1.165, 1.54) is 38.7 Å². The molecule has 3 aliphatic rings. The van der Waals surface area contributed by atoms with Crippen molar-refractivity contribution in [1.29, 1.82) is 0 Å². The summed E-state index contributed by atoms with van der Waals surface area (Å²) in [5.74, 6) is 2.20. The molecular formula is C31H31N3O. The predicted octanol–water partition coefficient (Wildman–Crippen LogP) is 7.49. The molecule has 0 bridgehead atoms. The highest BCUT2D eigenvalue weighted by Gasteiger charge is 2.25. The topological polar surface area (TPSA) is 33.3 Å². The molecule has 0 spiro atoms. The Labute approximate surface area is 206 Å². The molecule has 1 N–H and O–H groups in total. The highest BCUT2D eigenvalue weighted by Crippen LogP contribution is 2.38. The van der Waals surface area contributed by atoms with Gasteiger partial charge in [0.2, 0.25) is 0 Å². The summed E-state index contributed by atoms with van der Waals surface area (Å²) in [6.45, 7) is 4.88. The van der Waals surface area contributed by atoms with E-state index in [1.54, 1.807) is 0 Å². The minimum atomic E-state index is 0.0407. The van der Waals surface area contributed by atoms with Crippen LogP contribution in [0.25, 0.3) is 39.8 Å². The van der Waals surface area contributed by atoms with Crippen molar-refractivity contribution in [2.45, 2.75) is 39.3 Å². The van der Waals surface area contributed by atoms with Gasteiger partial charge in [-0.05, 0) is 30.8 Å². The zero-order valence-corrected chi connectivity index (χ0v) is 20.6. The lowest BCUT2D eigenvalue weighted by molar-refractivity contribution is 0.437. The molecule has 7 rings (SSSR count). The molecule has 4 heteroatoms. The van der Waals surface area contributed by atoms with Gasteiger partial charge in [-0.1, -0.05) is 74.5 Å². The summed E-state index contributed by atoms with van der Waals surface area (Å²) < 4.78 is 8.79. The molecule has 35 heavy (non-hydrogen) atoms. The van der Waals surface area contributed by atoms with E-state index in [-0.39, 0.29) is 6.04 Å². The molecule has 1 atom stereocenters. The van der Waals surface area contributed by atoms with Crippen molar-refractivity contribution in [1.82, 2.24) is 14.8 Å². The monoisotopic (exact) mass is 461 g/mol. The number of aryl methyl sites for hydroxylation is 1. The molecule has 4 heterocycles. The standard InChI is InChI=1S/C29H25N3O.C2H6/c1-31-17-16-20-19-8-2-4-13-25(19)32(26(20)18-31)28-15-7-12-24(30-28)23-11-6-10-22-21-9-3-5-14-27(21)33-29(22)23;1-2/h2-4,6-13,15-17,24,30H,5,14,18H2,1H3;1-2H3. The summed E-state index contributed by atoms with van der Waals surface area (Å²) >= 11 is 0. The van der Waals surface area contributed by atoms with E-state index in [0.29, 0.717) is 0 Å². The number of furan rings is 1. The van der Waals surface area contributed by atoms with Crippen molar-refractivity contribution in [3.05, 3.63) is 101 Å². The highest BCUT2D eigenvalue weighted by atomic mass is 16.3. The van der Waals surface area contributed by atoms with Crippen LogP contribution in [-0.2, 0) is 13.0 Å². The van der Waals surface area contributed by atoms with Crippen LogP contribution in [0.4, 0.5) is 0 Å². The van der Waals surface area contributed by atoms with E-state index in [0.717, 1.165) is 36.6 Å². The maximum Gasteiger partial charge on any atom is 0.140 e. The van der Waals surface area contributed by atoms with E-state index >= 15 is 0 Å². The van der Waals surface area contributed by atoms with Crippen molar-refractivity contribution in [2.75, 3.05) is 7.05 Å². The van der Waals surface area contributed by atoms with Crippen LogP contribution in [0, 0.1) is 0 Å². The second-order valence-electron chi connectivity index (χ2n) is 9.11. The molecule has 4 aromatic rings. The summed E-state index contributed by atoms with van der Waals surface area (Å²) in [6, 6.07) is 15.2. The maximum absolute atomic E-state index is 6.41. The van der Waals surface area contributed by atoms with Gasteiger partial charge in [-0.2, -0.15) is 0 Å².